The van der Waals surface area contributed by atoms with E-state index in [1.54, 1.807) is 0 Å². The largest absolute Gasteiger partial charge is 0.306 e. The number of rotatable bonds is 5. The van der Waals surface area contributed by atoms with E-state index >= 15 is 0 Å². The number of pyridine rings is 1. The van der Waals surface area contributed by atoms with Crippen LogP contribution in [0.15, 0.2) is 170 Å². The predicted molar refractivity (Wildman–Crippen MR) is 203 cm³/mol. The van der Waals surface area contributed by atoms with Crippen molar-refractivity contribution in [3.05, 3.63) is 170 Å². The van der Waals surface area contributed by atoms with Gasteiger partial charge in [-0.05, 0) is 42.0 Å². The standard InChI is InChI=1S/C44H28N6/c1-3-15-29(16-4-1)31-22-13-23-35(41(31)49-38-26-12-9-21-34(38)40-39(49)27-14-28-45-40)43-46-42(30-17-5-2-6-18-30)47-44(48-43)50-36-24-10-7-19-32(36)33-20-8-11-25-37(33)50/h1-28H. The molecule has 4 heterocycles. The van der Waals surface area contributed by atoms with Crippen LogP contribution in [0.1, 0.15) is 0 Å². The number of fused-ring (bicyclic) bond motifs is 6. The molecule has 10 rings (SSSR count). The van der Waals surface area contributed by atoms with Gasteiger partial charge in [0.15, 0.2) is 11.6 Å². The number of benzene rings is 6. The second-order valence-corrected chi connectivity index (χ2v) is 12.3. The molecule has 4 aromatic heterocycles. The van der Waals surface area contributed by atoms with Gasteiger partial charge in [0.25, 0.3) is 0 Å². The maximum Gasteiger partial charge on any atom is 0.238 e. The molecule has 6 heteroatoms. The molecule has 0 bridgehead atoms. The highest BCUT2D eigenvalue weighted by Crippen LogP contribution is 2.41. The Labute approximate surface area is 287 Å². The summed E-state index contributed by atoms with van der Waals surface area (Å²) < 4.78 is 4.48. The van der Waals surface area contributed by atoms with Crippen molar-refractivity contribution in [3.8, 4) is 45.5 Å². The van der Waals surface area contributed by atoms with E-state index in [1.807, 2.05) is 36.5 Å². The highest BCUT2D eigenvalue weighted by molar-refractivity contribution is 6.10. The summed E-state index contributed by atoms with van der Waals surface area (Å²) in [6.07, 6.45) is 1.86. The summed E-state index contributed by atoms with van der Waals surface area (Å²) in [7, 11) is 0. The van der Waals surface area contributed by atoms with Crippen molar-refractivity contribution in [2.45, 2.75) is 0 Å². The van der Waals surface area contributed by atoms with Gasteiger partial charge in [-0.2, -0.15) is 9.97 Å². The molecule has 0 aliphatic carbocycles. The zero-order chi connectivity index (χ0) is 33.0. The lowest BCUT2D eigenvalue weighted by Crippen LogP contribution is -2.08. The first-order valence-electron chi connectivity index (χ1n) is 16.7. The van der Waals surface area contributed by atoms with Gasteiger partial charge in [-0.25, -0.2) is 4.98 Å². The number of hydrogen-bond acceptors (Lipinski definition) is 4. The molecule has 0 aliphatic heterocycles. The van der Waals surface area contributed by atoms with Gasteiger partial charge >= 0.3 is 0 Å². The van der Waals surface area contributed by atoms with Crippen LogP contribution >= 0.6 is 0 Å². The summed E-state index contributed by atoms with van der Waals surface area (Å²) in [5.41, 5.74) is 10.0. The zero-order valence-electron chi connectivity index (χ0n) is 26.8. The van der Waals surface area contributed by atoms with Gasteiger partial charge in [-0.15, -0.1) is 0 Å². The van der Waals surface area contributed by atoms with Crippen LogP contribution in [0.25, 0.3) is 89.3 Å². The molecular formula is C44H28N6. The van der Waals surface area contributed by atoms with Crippen molar-refractivity contribution in [3.63, 3.8) is 0 Å². The third kappa shape index (κ3) is 4.36. The van der Waals surface area contributed by atoms with E-state index in [4.69, 9.17) is 19.9 Å². The highest BCUT2D eigenvalue weighted by atomic mass is 15.2. The van der Waals surface area contributed by atoms with Crippen LogP contribution in [0.4, 0.5) is 0 Å². The topological polar surface area (TPSA) is 61.4 Å². The molecule has 0 atom stereocenters. The second-order valence-electron chi connectivity index (χ2n) is 12.3. The molecule has 0 aliphatic rings. The fourth-order valence-corrected chi connectivity index (χ4v) is 7.28. The molecule has 0 N–H and O–H groups in total. The van der Waals surface area contributed by atoms with E-state index in [1.165, 1.54) is 0 Å². The SMILES string of the molecule is c1ccc(-c2nc(-c3cccc(-c4ccccc4)c3-n3c4ccccc4c4ncccc43)nc(-n3c4ccccc4c4ccccc43)n2)cc1. The van der Waals surface area contributed by atoms with Gasteiger partial charge in [0.05, 0.1) is 33.3 Å². The molecule has 0 saturated carbocycles. The fraction of sp³-hybridized carbons (Fsp3) is 0. The van der Waals surface area contributed by atoms with Crippen molar-refractivity contribution in [2.75, 3.05) is 0 Å². The number of nitrogens with zero attached hydrogens (tertiary/aromatic N) is 6. The molecule has 0 saturated heterocycles. The van der Waals surface area contributed by atoms with Crippen LogP contribution in [0.2, 0.25) is 0 Å². The minimum absolute atomic E-state index is 0.561. The Morgan fingerprint density at radius 2 is 0.900 bits per heavy atom. The van der Waals surface area contributed by atoms with Gasteiger partial charge in [-0.1, -0.05) is 127 Å². The third-order valence-electron chi connectivity index (χ3n) is 9.45. The first kappa shape index (κ1) is 28.1. The first-order chi connectivity index (χ1) is 24.8. The number of para-hydroxylation sites is 4. The van der Waals surface area contributed by atoms with Crippen molar-refractivity contribution in [1.82, 2.24) is 29.1 Å². The van der Waals surface area contributed by atoms with Crippen molar-refractivity contribution in [2.24, 2.45) is 0 Å². The van der Waals surface area contributed by atoms with E-state index in [0.717, 1.165) is 71.7 Å². The fourth-order valence-electron chi connectivity index (χ4n) is 7.28. The second kappa shape index (κ2) is 11.4. The Morgan fingerprint density at radius 3 is 1.60 bits per heavy atom. The summed E-state index contributed by atoms with van der Waals surface area (Å²) in [5, 5.41) is 3.38. The predicted octanol–water partition coefficient (Wildman–Crippen LogP) is 10.5. The summed E-state index contributed by atoms with van der Waals surface area (Å²) in [6, 6.07) is 56.5. The monoisotopic (exact) mass is 640 g/mol. The molecule has 6 nitrogen and oxygen atoms in total. The molecule has 0 unspecified atom stereocenters. The lowest BCUT2D eigenvalue weighted by atomic mass is 9.99. The summed E-state index contributed by atoms with van der Waals surface area (Å²) in [5.74, 6) is 1.75. The van der Waals surface area contributed by atoms with E-state index in [0.29, 0.717) is 17.6 Å². The van der Waals surface area contributed by atoms with Gasteiger partial charge in [-0.3, -0.25) is 9.55 Å². The van der Waals surface area contributed by atoms with Crippen LogP contribution in [0.3, 0.4) is 0 Å². The molecule has 0 amide bonds. The summed E-state index contributed by atoms with van der Waals surface area (Å²) in [4.78, 5) is 20.6. The molecule has 0 radical (unpaired) electrons. The van der Waals surface area contributed by atoms with Crippen LogP contribution in [0, 0.1) is 0 Å². The molecule has 234 valence electrons. The van der Waals surface area contributed by atoms with E-state index in [-0.39, 0.29) is 0 Å². The minimum Gasteiger partial charge on any atom is -0.306 e. The van der Waals surface area contributed by atoms with Crippen LogP contribution in [0.5, 0.6) is 0 Å². The van der Waals surface area contributed by atoms with Crippen molar-refractivity contribution >= 4 is 43.7 Å². The van der Waals surface area contributed by atoms with Gasteiger partial charge in [0.2, 0.25) is 5.95 Å². The number of aromatic nitrogens is 6. The summed E-state index contributed by atoms with van der Waals surface area (Å²) >= 11 is 0. The van der Waals surface area contributed by atoms with Gasteiger partial charge in [0, 0.05) is 39.0 Å². The average molecular weight is 641 g/mol. The third-order valence-corrected chi connectivity index (χ3v) is 9.45. The Morgan fingerprint density at radius 1 is 0.360 bits per heavy atom. The Kier molecular flexibility index (Phi) is 6.39. The van der Waals surface area contributed by atoms with Gasteiger partial charge in [0.1, 0.15) is 0 Å². The maximum atomic E-state index is 5.35. The van der Waals surface area contributed by atoms with Crippen molar-refractivity contribution in [1.29, 1.82) is 0 Å². The number of hydrogen-bond donors (Lipinski definition) is 0. The van der Waals surface area contributed by atoms with Gasteiger partial charge < -0.3 is 4.57 Å². The van der Waals surface area contributed by atoms with Crippen molar-refractivity contribution < 1.29 is 0 Å². The zero-order valence-corrected chi connectivity index (χ0v) is 26.8. The smallest absolute Gasteiger partial charge is 0.238 e. The van der Waals surface area contributed by atoms with Crippen LogP contribution < -0.4 is 0 Å². The molecule has 0 fully saturated rings. The van der Waals surface area contributed by atoms with Crippen LogP contribution in [-0.4, -0.2) is 29.1 Å². The minimum atomic E-state index is 0.561. The highest BCUT2D eigenvalue weighted by Gasteiger charge is 2.23. The molecular weight excluding hydrogens is 613 g/mol. The van der Waals surface area contributed by atoms with Crippen LogP contribution in [-0.2, 0) is 0 Å². The molecule has 50 heavy (non-hydrogen) atoms. The van der Waals surface area contributed by atoms with E-state index < -0.39 is 0 Å². The Bertz CT molecular complexity index is 2760. The van der Waals surface area contributed by atoms with E-state index in [2.05, 4.69) is 143 Å². The first-order valence-corrected chi connectivity index (χ1v) is 16.7. The lowest BCUT2D eigenvalue weighted by molar-refractivity contribution is 0.952. The maximum absolute atomic E-state index is 5.35. The normalized spacial score (nSPS) is 11.6. The summed E-state index contributed by atoms with van der Waals surface area (Å²) in [6.45, 7) is 0. The van der Waals surface area contributed by atoms with E-state index in [9.17, 15) is 0 Å². The average Bonchev–Trinajstić information content (AvgIpc) is 3.71. The molecule has 10 aromatic rings. The quantitative estimate of drug-likeness (QED) is 0.188. The molecule has 0 spiro atoms. The lowest BCUT2D eigenvalue weighted by Gasteiger charge is -2.19. The Hall–Kier alpha value is -6.92. The Balaban J connectivity index is 1.34. The molecule has 6 aromatic carbocycles.